The zero-order valence-electron chi connectivity index (χ0n) is 19.9. The summed E-state index contributed by atoms with van der Waals surface area (Å²) in [6, 6.07) is 0. The van der Waals surface area contributed by atoms with Gasteiger partial charge in [-0.05, 0) is 59.3 Å². The van der Waals surface area contributed by atoms with Crippen molar-refractivity contribution in [3.05, 3.63) is 0 Å². The topological polar surface area (TPSA) is 160 Å². The van der Waals surface area contributed by atoms with Crippen LogP contribution in [0, 0.1) is 0 Å². The molecule has 0 saturated carbocycles. The molecule has 3 aliphatic rings. The maximum absolute atomic E-state index is 11.8. The number of hydrogen-bond acceptors (Lipinski definition) is 8. The first-order valence-corrected chi connectivity index (χ1v) is 11.6. The Morgan fingerprint density at radius 2 is 1.64 bits per heavy atom. The first-order valence-electron chi connectivity index (χ1n) is 11.6. The minimum atomic E-state index is -1.22. The number of carboxylic acid groups (broad SMARTS) is 1. The van der Waals surface area contributed by atoms with Crippen molar-refractivity contribution >= 4 is 12.2 Å². The van der Waals surface area contributed by atoms with Gasteiger partial charge in [0.1, 0.15) is 5.60 Å². The molecule has 1 spiro atoms. The lowest BCUT2D eigenvalue weighted by Crippen LogP contribution is -2.53. The molecule has 0 bridgehead atoms. The average Bonchev–Trinajstić information content (AvgIpc) is 3.08. The Kier molecular flexibility index (Phi) is 9.34. The predicted octanol–water partition coefficient (Wildman–Crippen LogP) is 0.772. The molecule has 3 fully saturated rings. The van der Waals surface area contributed by atoms with Gasteiger partial charge in [0.2, 0.25) is 0 Å². The lowest BCUT2D eigenvalue weighted by molar-refractivity contribution is -0.113. The van der Waals surface area contributed by atoms with Gasteiger partial charge in [-0.15, -0.1) is 0 Å². The van der Waals surface area contributed by atoms with E-state index in [2.05, 4.69) is 0 Å². The molecule has 2 unspecified atom stereocenters. The number of amides is 2. The monoisotopic (exact) mass is 476 g/mol. The van der Waals surface area contributed by atoms with Gasteiger partial charge in [-0.1, -0.05) is 0 Å². The summed E-state index contributed by atoms with van der Waals surface area (Å²) >= 11 is 0. The molecule has 3 saturated heterocycles. The number of carbonyl (C=O) groups is 2. The smallest absolute Gasteiger partial charge is 0.410 e. The summed E-state index contributed by atoms with van der Waals surface area (Å²) in [6.07, 6.45) is -0.0483. The number of likely N-dealkylation sites (tertiary alicyclic amines) is 2. The van der Waals surface area contributed by atoms with E-state index in [1.807, 2.05) is 0 Å². The van der Waals surface area contributed by atoms with E-state index in [9.17, 15) is 24.9 Å². The molecule has 0 radical (unpaired) electrons. The van der Waals surface area contributed by atoms with Crippen molar-refractivity contribution < 1.29 is 44.6 Å². The molecule has 5 N–H and O–H groups in total. The highest BCUT2D eigenvalue weighted by Gasteiger charge is 2.46. The fourth-order valence-electron chi connectivity index (χ4n) is 4.41. The van der Waals surface area contributed by atoms with Gasteiger partial charge in [-0.3, -0.25) is 0 Å². The van der Waals surface area contributed by atoms with E-state index in [1.165, 1.54) is 9.80 Å². The van der Waals surface area contributed by atoms with E-state index in [0.29, 0.717) is 52.0 Å². The van der Waals surface area contributed by atoms with Gasteiger partial charge >= 0.3 is 12.2 Å². The lowest BCUT2D eigenvalue weighted by atomic mass is 9.85. The summed E-state index contributed by atoms with van der Waals surface area (Å²) in [5.41, 5.74) is -2.21. The van der Waals surface area contributed by atoms with Crippen LogP contribution in [0.25, 0.3) is 0 Å². The maximum atomic E-state index is 11.8. The van der Waals surface area contributed by atoms with Crippen molar-refractivity contribution in [3.63, 3.8) is 0 Å². The van der Waals surface area contributed by atoms with Crippen LogP contribution in [-0.4, -0.2) is 116 Å². The van der Waals surface area contributed by atoms with Gasteiger partial charge in [0.25, 0.3) is 0 Å². The third-order valence-corrected chi connectivity index (χ3v) is 6.57. The molecular weight excluding hydrogens is 436 g/mol. The number of rotatable bonds is 3. The highest BCUT2D eigenvalue weighted by molar-refractivity contribution is 5.68. The van der Waals surface area contributed by atoms with E-state index >= 15 is 0 Å². The van der Waals surface area contributed by atoms with Crippen LogP contribution in [0.4, 0.5) is 9.59 Å². The Bertz CT molecular complexity index is 651. The Hall–Kier alpha value is -1.66. The normalized spacial score (nSPS) is 25.2. The summed E-state index contributed by atoms with van der Waals surface area (Å²) < 4.78 is 10.8. The zero-order valence-corrected chi connectivity index (χ0v) is 19.9. The van der Waals surface area contributed by atoms with Gasteiger partial charge in [0, 0.05) is 32.8 Å². The van der Waals surface area contributed by atoms with Gasteiger partial charge < -0.3 is 44.8 Å². The highest BCUT2D eigenvalue weighted by atomic mass is 16.6. The lowest BCUT2D eigenvalue weighted by Gasteiger charge is -2.41. The second-order valence-corrected chi connectivity index (χ2v) is 10.1. The molecule has 11 heteroatoms. The third kappa shape index (κ3) is 7.41. The van der Waals surface area contributed by atoms with Gasteiger partial charge in [0.05, 0.1) is 30.0 Å². The summed E-state index contributed by atoms with van der Waals surface area (Å²) in [4.78, 5) is 25.4. The minimum absolute atomic E-state index is 0.142. The maximum Gasteiger partial charge on any atom is 0.410 e. The van der Waals surface area contributed by atoms with Gasteiger partial charge in [-0.25, -0.2) is 9.59 Å². The molecule has 3 aliphatic heterocycles. The van der Waals surface area contributed by atoms with Crippen LogP contribution in [0.3, 0.4) is 0 Å². The third-order valence-electron chi connectivity index (χ3n) is 6.57. The zero-order chi connectivity index (χ0) is 24.9. The SMILES string of the molecule is CC(C)(C)OC(=O)N1CCC(O)(C(O)CCO)CC1.O=C(O)N1CCC2(CC1)OCCC2O. The minimum Gasteiger partial charge on any atom is -0.465 e. The molecule has 3 rings (SSSR count). The molecule has 0 aromatic heterocycles. The Labute approximate surface area is 194 Å². The molecule has 192 valence electrons. The number of nitrogens with zero attached hydrogens (tertiary/aromatic N) is 2. The van der Waals surface area contributed by atoms with Crippen LogP contribution in [0.5, 0.6) is 0 Å². The number of carbonyl (C=O) groups excluding carboxylic acids is 1. The standard InChI is InChI=1S/C13H25NO5.C9H15NO4/c1-12(2,3)19-11(17)14-7-5-13(18,6-8-14)10(16)4-9-15;11-7-1-6-14-9(7)2-4-10(5-3-9)8(12)13/h10,15-16,18H,4-9H2,1-3H3;7,11H,1-6H2,(H,12,13). The average molecular weight is 477 g/mol. The van der Waals surface area contributed by atoms with Crippen LogP contribution < -0.4 is 0 Å². The molecule has 2 atom stereocenters. The van der Waals surface area contributed by atoms with E-state index in [1.54, 1.807) is 20.8 Å². The van der Waals surface area contributed by atoms with E-state index in [4.69, 9.17) is 19.7 Å². The fraction of sp³-hybridized carbons (Fsp3) is 0.909. The summed E-state index contributed by atoms with van der Waals surface area (Å²) in [5, 5.41) is 47.4. The second kappa shape index (κ2) is 11.2. The van der Waals surface area contributed by atoms with Crippen molar-refractivity contribution in [2.45, 2.75) is 88.3 Å². The Morgan fingerprint density at radius 3 is 2.06 bits per heavy atom. The Morgan fingerprint density at radius 1 is 1.09 bits per heavy atom. The van der Waals surface area contributed by atoms with E-state index in [-0.39, 0.29) is 25.9 Å². The molecular formula is C22H40N2O9. The van der Waals surface area contributed by atoms with Crippen molar-refractivity contribution in [3.8, 4) is 0 Å². The number of hydrogen-bond donors (Lipinski definition) is 5. The van der Waals surface area contributed by atoms with Crippen molar-refractivity contribution in [1.82, 2.24) is 9.80 Å². The van der Waals surface area contributed by atoms with Crippen LogP contribution in [0.2, 0.25) is 0 Å². The number of piperidine rings is 2. The number of aliphatic hydroxyl groups is 4. The van der Waals surface area contributed by atoms with Crippen molar-refractivity contribution in [2.75, 3.05) is 39.4 Å². The van der Waals surface area contributed by atoms with Crippen molar-refractivity contribution in [2.24, 2.45) is 0 Å². The molecule has 0 aliphatic carbocycles. The van der Waals surface area contributed by atoms with Gasteiger partial charge in [0.15, 0.2) is 0 Å². The fourth-order valence-corrected chi connectivity index (χ4v) is 4.41. The molecule has 2 amide bonds. The summed E-state index contributed by atoms with van der Waals surface area (Å²) in [5.74, 6) is 0. The van der Waals surface area contributed by atoms with Crippen LogP contribution in [0.15, 0.2) is 0 Å². The molecule has 0 aromatic rings. The number of ether oxygens (including phenoxy) is 2. The first kappa shape index (κ1) is 27.6. The van der Waals surface area contributed by atoms with Crippen molar-refractivity contribution in [1.29, 1.82) is 0 Å². The predicted molar refractivity (Wildman–Crippen MR) is 118 cm³/mol. The molecule has 3 heterocycles. The van der Waals surface area contributed by atoms with Crippen LogP contribution in [0.1, 0.15) is 59.3 Å². The second-order valence-electron chi connectivity index (χ2n) is 10.1. The highest BCUT2D eigenvalue weighted by Crippen LogP contribution is 2.36. The van der Waals surface area contributed by atoms with Crippen LogP contribution in [-0.2, 0) is 9.47 Å². The van der Waals surface area contributed by atoms with E-state index < -0.39 is 41.2 Å². The summed E-state index contributed by atoms with van der Waals surface area (Å²) in [6.45, 7) is 7.44. The summed E-state index contributed by atoms with van der Waals surface area (Å²) in [7, 11) is 0. The first-order chi connectivity index (χ1) is 15.3. The largest absolute Gasteiger partial charge is 0.465 e. The molecule has 11 nitrogen and oxygen atoms in total. The van der Waals surface area contributed by atoms with Gasteiger partial charge in [-0.2, -0.15) is 0 Å². The van der Waals surface area contributed by atoms with Crippen LogP contribution >= 0.6 is 0 Å². The van der Waals surface area contributed by atoms with E-state index in [0.717, 1.165) is 0 Å². The number of aliphatic hydroxyl groups excluding tert-OH is 3. The Balaban J connectivity index is 0.000000243. The molecule has 0 aromatic carbocycles. The molecule has 33 heavy (non-hydrogen) atoms. The quantitative estimate of drug-likeness (QED) is 0.396.